The van der Waals surface area contributed by atoms with Crippen LogP contribution in [0, 0.1) is 5.92 Å². The fraction of sp³-hybridized carbons (Fsp3) is 0.667. The highest BCUT2D eigenvalue weighted by atomic mass is 127. The minimum absolute atomic E-state index is 0. The molecule has 6 nitrogen and oxygen atoms in total. The van der Waals surface area contributed by atoms with Gasteiger partial charge in [-0.15, -0.1) is 24.0 Å². The van der Waals surface area contributed by atoms with Gasteiger partial charge in [-0.2, -0.15) is 0 Å². The van der Waals surface area contributed by atoms with E-state index in [0.29, 0.717) is 19.1 Å². The van der Waals surface area contributed by atoms with Crippen LogP contribution in [0.5, 0.6) is 0 Å². The summed E-state index contributed by atoms with van der Waals surface area (Å²) in [7, 11) is 0. The molecule has 0 spiro atoms. The van der Waals surface area contributed by atoms with Crippen LogP contribution in [0.3, 0.4) is 0 Å². The average molecular weight is 504 g/mol. The molecule has 1 aliphatic rings. The number of benzene rings is 1. The number of hydrogen-bond acceptors (Lipinski definition) is 4. The van der Waals surface area contributed by atoms with E-state index in [1.807, 2.05) is 6.92 Å². The number of nitrogens with zero attached hydrogens (tertiary/aromatic N) is 2. The van der Waals surface area contributed by atoms with E-state index in [4.69, 9.17) is 4.74 Å². The van der Waals surface area contributed by atoms with Crippen LogP contribution in [0.25, 0.3) is 0 Å². The molecule has 1 aromatic rings. The third kappa shape index (κ3) is 8.96. The molecule has 0 aromatic heterocycles. The van der Waals surface area contributed by atoms with E-state index in [0.717, 1.165) is 64.6 Å². The SMILES string of the molecule is CCNC(=NCc1ccc(N2CCC(CO)CC2)cc1)NCCCOCC.I. The molecular weight excluding hydrogens is 467 g/mol. The molecule has 0 bridgehead atoms. The molecule has 0 aliphatic carbocycles. The predicted octanol–water partition coefficient (Wildman–Crippen LogP) is 3.00. The largest absolute Gasteiger partial charge is 0.396 e. The molecule has 0 radical (unpaired) electrons. The van der Waals surface area contributed by atoms with Crippen molar-refractivity contribution in [3.05, 3.63) is 29.8 Å². The van der Waals surface area contributed by atoms with Crippen molar-refractivity contribution < 1.29 is 9.84 Å². The zero-order chi connectivity index (χ0) is 19.3. The number of guanidine groups is 1. The zero-order valence-corrected chi connectivity index (χ0v) is 19.7. The van der Waals surface area contributed by atoms with Crippen molar-refractivity contribution in [3.63, 3.8) is 0 Å². The van der Waals surface area contributed by atoms with E-state index in [1.54, 1.807) is 0 Å². The predicted molar refractivity (Wildman–Crippen MR) is 128 cm³/mol. The van der Waals surface area contributed by atoms with Crippen molar-refractivity contribution in [2.75, 3.05) is 50.9 Å². The molecule has 0 unspecified atom stereocenters. The standard InChI is InChI=1S/C21H36N4O2.HI/c1-3-22-21(23-12-5-15-27-4-2)24-16-18-6-8-20(9-7-18)25-13-10-19(17-26)11-14-25;/h6-9,19,26H,3-5,10-17H2,1-2H3,(H2,22,23,24);1H. The highest BCUT2D eigenvalue weighted by Gasteiger charge is 2.18. The monoisotopic (exact) mass is 504 g/mol. The maximum atomic E-state index is 9.27. The lowest BCUT2D eigenvalue weighted by Crippen LogP contribution is -2.38. The third-order valence-electron chi connectivity index (χ3n) is 4.90. The summed E-state index contributed by atoms with van der Waals surface area (Å²) in [5, 5.41) is 15.9. The number of halogens is 1. The summed E-state index contributed by atoms with van der Waals surface area (Å²) in [5.74, 6) is 1.32. The van der Waals surface area contributed by atoms with E-state index in [-0.39, 0.29) is 24.0 Å². The first-order valence-electron chi connectivity index (χ1n) is 10.3. The molecule has 1 fully saturated rings. The van der Waals surface area contributed by atoms with Gasteiger partial charge in [0.2, 0.25) is 0 Å². The van der Waals surface area contributed by atoms with Gasteiger partial charge < -0.3 is 25.4 Å². The molecule has 1 saturated heterocycles. The maximum Gasteiger partial charge on any atom is 0.191 e. The summed E-state index contributed by atoms with van der Waals surface area (Å²) in [6.07, 6.45) is 3.12. The quantitative estimate of drug-likeness (QED) is 0.198. The molecule has 1 aromatic carbocycles. The Morgan fingerprint density at radius 2 is 1.89 bits per heavy atom. The topological polar surface area (TPSA) is 69.1 Å². The van der Waals surface area contributed by atoms with Gasteiger partial charge >= 0.3 is 0 Å². The summed E-state index contributed by atoms with van der Waals surface area (Å²) in [4.78, 5) is 7.08. The summed E-state index contributed by atoms with van der Waals surface area (Å²) >= 11 is 0. The van der Waals surface area contributed by atoms with E-state index in [9.17, 15) is 5.11 Å². The van der Waals surface area contributed by atoms with Crippen molar-refractivity contribution in [2.45, 2.75) is 39.7 Å². The summed E-state index contributed by atoms with van der Waals surface area (Å²) in [6, 6.07) is 8.70. The molecule has 1 aliphatic heterocycles. The third-order valence-corrected chi connectivity index (χ3v) is 4.90. The van der Waals surface area contributed by atoms with Crippen molar-refractivity contribution >= 4 is 35.6 Å². The van der Waals surface area contributed by atoms with Crippen LogP contribution in [0.1, 0.15) is 38.7 Å². The number of rotatable bonds is 10. The van der Waals surface area contributed by atoms with Gasteiger partial charge in [0.15, 0.2) is 5.96 Å². The van der Waals surface area contributed by atoms with Crippen molar-refractivity contribution in [2.24, 2.45) is 10.9 Å². The Balaban J connectivity index is 0.00000392. The van der Waals surface area contributed by atoms with Crippen molar-refractivity contribution in [1.29, 1.82) is 0 Å². The first-order valence-corrected chi connectivity index (χ1v) is 10.3. The second kappa shape index (κ2) is 14.9. The van der Waals surface area contributed by atoms with Gasteiger partial charge in [-0.3, -0.25) is 0 Å². The number of aliphatic hydroxyl groups excluding tert-OH is 1. The normalized spacial score (nSPS) is 15.2. The number of aliphatic hydroxyl groups is 1. The molecule has 0 saturated carbocycles. The number of nitrogens with one attached hydrogen (secondary N) is 2. The second-order valence-corrected chi connectivity index (χ2v) is 6.95. The summed E-state index contributed by atoms with van der Waals surface area (Å²) < 4.78 is 5.36. The van der Waals surface area contributed by atoms with E-state index < -0.39 is 0 Å². The number of anilines is 1. The van der Waals surface area contributed by atoms with Crippen LogP contribution in [-0.4, -0.2) is 57.1 Å². The van der Waals surface area contributed by atoms with Gasteiger partial charge in [0, 0.05) is 51.7 Å². The van der Waals surface area contributed by atoms with E-state index >= 15 is 0 Å². The Morgan fingerprint density at radius 3 is 2.50 bits per heavy atom. The first-order chi connectivity index (χ1) is 13.3. The average Bonchev–Trinajstić information content (AvgIpc) is 2.72. The lowest BCUT2D eigenvalue weighted by Gasteiger charge is -2.32. The van der Waals surface area contributed by atoms with Crippen molar-refractivity contribution in [1.82, 2.24) is 10.6 Å². The minimum Gasteiger partial charge on any atom is -0.396 e. The van der Waals surface area contributed by atoms with Crippen LogP contribution in [0.2, 0.25) is 0 Å². The molecular formula is C21H37IN4O2. The smallest absolute Gasteiger partial charge is 0.191 e. The lowest BCUT2D eigenvalue weighted by atomic mass is 9.97. The number of hydrogen-bond donors (Lipinski definition) is 3. The van der Waals surface area contributed by atoms with Gasteiger partial charge in [-0.25, -0.2) is 4.99 Å². The Labute approximate surface area is 187 Å². The number of ether oxygens (including phenoxy) is 1. The Kier molecular flexibility index (Phi) is 13.3. The minimum atomic E-state index is 0. The fourth-order valence-corrected chi connectivity index (χ4v) is 3.22. The Morgan fingerprint density at radius 1 is 1.18 bits per heavy atom. The van der Waals surface area contributed by atoms with Crippen LogP contribution in [0.15, 0.2) is 29.3 Å². The van der Waals surface area contributed by atoms with E-state index in [2.05, 4.69) is 51.7 Å². The molecule has 2 rings (SSSR count). The van der Waals surface area contributed by atoms with Gasteiger partial charge in [0.1, 0.15) is 0 Å². The maximum absolute atomic E-state index is 9.27. The number of piperidine rings is 1. The molecule has 3 N–H and O–H groups in total. The second-order valence-electron chi connectivity index (χ2n) is 6.95. The molecule has 0 atom stereocenters. The highest BCUT2D eigenvalue weighted by Crippen LogP contribution is 2.23. The molecule has 160 valence electrons. The van der Waals surface area contributed by atoms with Crippen molar-refractivity contribution in [3.8, 4) is 0 Å². The highest BCUT2D eigenvalue weighted by molar-refractivity contribution is 14.0. The van der Waals surface area contributed by atoms with Crippen LogP contribution in [0.4, 0.5) is 5.69 Å². The lowest BCUT2D eigenvalue weighted by molar-refractivity contribution is 0.145. The van der Waals surface area contributed by atoms with Crippen LogP contribution in [-0.2, 0) is 11.3 Å². The van der Waals surface area contributed by atoms with Crippen LogP contribution >= 0.6 is 24.0 Å². The van der Waals surface area contributed by atoms with Gasteiger partial charge in [-0.1, -0.05) is 12.1 Å². The Bertz CT molecular complexity index is 546. The zero-order valence-electron chi connectivity index (χ0n) is 17.3. The van der Waals surface area contributed by atoms with E-state index in [1.165, 1.54) is 11.3 Å². The summed E-state index contributed by atoms with van der Waals surface area (Å²) in [6.45, 7) is 10.4. The summed E-state index contributed by atoms with van der Waals surface area (Å²) in [5.41, 5.74) is 2.47. The molecule has 7 heteroatoms. The van der Waals surface area contributed by atoms with Gasteiger partial charge in [-0.05, 0) is 56.7 Å². The van der Waals surface area contributed by atoms with Gasteiger partial charge in [0.05, 0.1) is 6.54 Å². The molecule has 0 amide bonds. The molecule has 1 heterocycles. The fourth-order valence-electron chi connectivity index (χ4n) is 3.22. The number of aliphatic imine (C=N–C) groups is 1. The van der Waals surface area contributed by atoms with Gasteiger partial charge in [0.25, 0.3) is 0 Å². The first kappa shape index (κ1) is 25.0. The van der Waals surface area contributed by atoms with Crippen LogP contribution < -0.4 is 15.5 Å². The molecule has 28 heavy (non-hydrogen) atoms. The Hall–Kier alpha value is -1.06.